The topological polar surface area (TPSA) is 104 Å². The van der Waals surface area contributed by atoms with Gasteiger partial charge in [-0.3, -0.25) is 4.79 Å². The van der Waals surface area contributed by atoms with E-state index in [2.05, 4.69) is 6.07 Å². The van der Waals surface area contributed by atoms with E-state index in [4.69, 9.17) is 9.84 Å². The third kappa shape index (κ3) is 4.08. The van der Waals surface area contributed by atoms with Crippen LogP contribution in [-0.2, 0) is 21.1 Å². The molecule has 0 unspecified atom stereocenters. The quantitative estimate of drug-likeness (QED) is 0.508. The van der Waals surface area contributed by atoms with Crippen molar-refractivity contribution < 1.29 is 23.1 Å². The summed E-state index contributed by atoms with van der Waals surface area (Å²) in [4.78, 5) is 11.7. The fraction of sp³-hybridized carbons (Fsp3) is 0.286. The Labute approximate surface area is 204 Å². The van der Waals surface area contributed by atoms with Crippen LogP contribution in [0.25, 0.3) is 0 Å². The van der Waals surface area contributed by atoms with Crippen LogP contribution in [0.4, 0.5) is 0 Å². The highest BCUT2D eigenvalue weighted by Gasteiger charge is 2.44. The first-order valence-electron chi connectivity index (χ1n) is 11.6. The molecule has 0 radical (unpaired) electrons. The second-order valence-electron chi connectivity index (χ2n) is 9.38. The lowest BCUT2D eigenvalue weighted by molar-refractivity contribution is -0.138. The average molecular weight is 488 g/mol. The monoisotopic (exact) mass is 487 g/mol. The van der Waals surface area contributed by atoms with Crippen LogP contribution in [0.2, 0.25) is 0 Å². The lowest BCUT2D eigenvalue weighted by Gasteiger charge is -2.17. The van der Waals surface area contributed by atoms with Crippen LogP contribution in [-0.4, -0.2) is 19.5 Å². The fourth-order valence-corrected chi connectivity index (χ4v) is 7.29. The number of carboxylic acid groups (broad SMARTS) is 1. The zero-order valence-corrected chi connectivity index (χ0v) is 20.3. The van der Waals surface area contributed by atoms with Crippen LogP contribution >= 0.6 is 0 Å². The lowest BCUT2D eigenvalue weighted by Crippen LogP contribution is -2.10. The van der Waals surface area contributed by atoms with Gasteiger partial charge in [0.25, 0.3) is 0 Å². The summed E-state index contributed by atoms with van der Waals surface area (Å²) >= 11 is 0. The van der Waals surface area contributed by atoms with Gasteiger partial charge in [0.1, 0.15) is 11.9 Å². The molecule has 3 atom stereocenters. The standard InChI is InChI=1S/C28H25NO5S/c1-16-12-18(15-29)13-17(2)27(16)35(32,33)26-5-3-4-21-22(26)10-11-25(21)34-20-8-6-19(7-9-20)23-14-24(23)28(30)31/h3-9,12-13,23-25H,10-11,14H2,1-2H3,(H,30,31)/t23-,24+,25-/m1/s1. The van der Waals surface area contributed by atoms with E-state index >= 15 is 0 Å². The van der Waals surface area contributed by atoms with Crippen molar-refractivity contribution in [3.8, 4) is 11.8 Å². The van der Waals surface area contributed by atoms with E-state index in [1.807, 2.05) is 30.3 Å². The number of carbonyl (C=O) groups is 1. The Hall–Kier alpha value is -3.63. The number of sulfone groups is 1. The van der Waals surface area contributed by atoms with Crippen molar-refractivity contribution in [1.82, 2.24) is 0 Å². The number of benzene rings is 3. The maximum absolute atomic E-state index is 13.7. The number of carboxylic acids is 1. The summed E-state index contributed by atoms with van der Waals surface area (Å²) in [5.74, 6) is -0.316. The van der Waals surface area contributed by atoms with Crippen molar-refractivity contribution in [3.05, 3.63) is 88.0 Å². The highest BCUT2D eigenvalue weighted by atomic mass is 32.2. The number of aliphatic carboxylic acids is 1. The average Bonchev–Trinajstić information content (AvgIpc) is 3.53. The largest absolute Gasteiger partial charge is 0.486 e. The molecule has 0 saturated heterocycles. The highest BCUT2D eigenvalue weighted by Crippen LogP contribution is 2.48. The number of ether oxygens (including phenoxy) is 1. The highest BCUT2D eigenvalue weighted by molar-refractivity contribution is 7.91. The summed E-state index contributed by atoms with van der Waals surface area (Å²) in [7, 11) is -3.78. The minimum atomic E-state index is -3.78. The van der Waals surface area contributed by atoms with E-state index < -0.39 is 15.8 Å². The first kappa shape index (κ1) is 23.1. The molecule has 0 bridgehead atoms. The van der Waals surface area contributed by atoms with Gasteiger partial charge in [0, 0.05) is 0 Å². The zero-order valence-electron chi connectivity index (χ0n) is 19.5. The summed E-state index contributed by atoms with van der Waals surface area (Å²) in [6.45, 7) is 3.44. The second kappa shape index (κ2) is 8.54. The molecule has 1 saturated carbocycles. The van der Waals surface area contributed by atoms with Gasteiger partial charge in [-0.05, 0) is 97.2 Å². The Morgan fingerprint density at radius 1 is 1.09 bits per heavy atom. The SMILES string of the molecule is Cc1cc(C#N)cc(C)c1S(=O)(=O)c1cccc2c1CC[C@H]2Oc1ccc([C@H]2C[C@@H]2C(=O)O)cc1. The van der Waals surface area contributed by atoms with E-state index in [1.54, 1.807) is 38.1 Å². The Kier molecular flexibility index (Phi) is 5.65. The van der Waals surface area contributed by atoms with Crippen LogP contribution < -0.4 is 4.74 Å². The normalized spacial score (nSPS) is 20.7. The van der Waals surface area contributed by atoms with Gasteiger partial charge in [0.2, 0.25) is 9.84 Å². The molecule has 5 rings (SSSR count). The van der Waals surface area contributed by atoms with E-state index in [1.165, 1.54) is 0 Å². The van der Waals surface area contributed by atoms with Gasteiger partial charge < -0.3 is 9.84 Å². The molecule has 1 fully saturated rings. The molecule has 0 amide bonds. The smallest absolute Gasteiger partial charge is 0.307 e. The molecule has 0 heterocycles. The van der Waals surface area contributed by atoms with Gasteiger partial charge in [-0.2, -0.15) is 5.26 Å². The minimum absolute atomic E-state index is 0.0654. The van der Waals surface area contributed by atoms with Crippen LogP contribution in [0.5, 0.6) is 5.75 Å². The first-order chi connectivity index (χ1) is 16.7. The Balaban J connectivity index is 1.41. The predicted octanol–water partition coefficient (Wildman–Crippen LogP) is 5.26. The Morgan fingerprint density at radius 3 is 2.37 bits per heavy atom. The van der Waals surface area contributed by atoms with Crippen molar-refractivity contribution in [1.29, 1.82) is 5.26 Å². The van der Waals surface area contributed by atoms with Gasteiger partial charge in [0.15, 0.2) is 0 Å². The van der Waals surface area contributed by atoms with Gasteiger partial charge in [-0.15, -0.1) is 0 Å². The maximum atomic E-state index is 13.7. The number of fused-ring (bicyclic) bond motifs is 1. The van der Waals surface area contributed by atoms with Crippen LogP contribution in [0, 0.1) is 31.1 Å². The third-order valence-electron chi connectivity index (χ3n) is 7.01. The number of hydrogen-bond acceptors (Lipinski definition) is 5. The summed E-state index contributed by atoms with van der Waals surface area (Å²) in [6.07, 6.45) is 1.66. The van der Waals surface area contributed by atoms with E-state index in [0.717, 1.165) is 16.7 Å². The predicted molar refractivity (Wildman–Crippen MR) is 129 cm³/mol. The van der Waals surface area contributed by atoms with Crippen LogP contribution in [0.3, 0.4) is 0 Å². The van der Waals surface area contributed by atoms with Gasteiger partial charge in [-0.1, -0.05) is 24.3 Å². The van der Waals surface area contributed by atoms with Gasteiger partial charge in [-0.25, -0.2) is 8.42 Å². The number of aryl methyl sites for hydroxylation is 2. The molecule has 6 nitrogen and oxygen atoms in total. The first-order valence-corrected chi connectivity index (χ1v) is 13.1. The van der Waals surface area contributed by atoms with E-state index in [9.17, 15) is 18.5 Å². The molecule has 2 aliphatic carbocycles. The molecule has 35 heavy (non-hydrogen) atoms. The second-order valence-corrected chi connectivity index (χ2v) is 11.2. The molecule has 7 heteroatoms. The van der Waals surface area contributed by atoms with Crippen molar-refractivity contribution >= 4 is 15.8 Å². The Morgan fingerprint density at radius 2 is 1.77 bits per heavy atom. The summed E-state index contributed by atoms with van der Waals surface area (Å²) in [5.41, 5.74) is 4.21. The van der Waals surface area contributed by atoms with Crippen molar-refractivity contribution in [2.75, 3.05) is 0 Å². The minimum Gasteiger partial charge on any atom is -0.486 e. The zero-order chi connectivity index (χ0) is 24.9. The molecule has 0 aromatic heterocycles. The fourth-order valence-electron chi connectivity index (χ4n) is 5.30. The number of nitriles is 1. The molecule has 2 aliphatic rings. The third-order valence-corrected chi connectivity index (χ3v) is 9.16. The summed E-state index contributed by atoms with van der Waals surface area (Å²) in [6, 6.07) is 18.2. The molecule has 1 N–H and O–H groups in total. The number of nitrogens with zero attached hydrogens (tertiary/aromatic N) is 1. The molecule has 0 aliphatic heterocycles. The van der Waals surface area contributed by atoms with Crippen molar-refractivity contribution in [3.63, 3.8) is 0 Å². The lowest BCUT2D eigenvalue weighted by atomic mass is 10.1. The molecule has 3 aromatic rings. The molecule has 3 aromatic carbocycles. The molecular weight excluding hydrogens is 462 g/mol. The van der Waals surface area contributed by atoms with E-state index in [-0.39, 0.29) is 22.8 Å². The Bertz CT molecular complexity index is 1460. The number of rotatable bonds is 6. The molecule has 178 valence electrons. The van der Waals surface area contributed by atoms with Crippen LogP contribution in [0.1, 0.15) is 58.2 Å². The van der Waals surface area contributed by atoms with E-state index in [0.29, 0.717) is 46.6 Å². The van der Waals surface area contributed by atoms with Crippen LogP contribution in [0.15, 0.2) is 64.4 Å². The van der Waals surface area contributed by atoms with Gasteiger partial charge >= 0.3 is 5.97 Å². The van der Waals surface area contributed by atoms with Crippen molar-refractivity contribution in [2.45, 2.75) is 54.9 Å². The summed E-state index contributed by atoms with van der Waals surface area (Å²) in [5, 5.41) is 18.4. The van der Waals surface area contributed by atoms with Gasteiger partial charge in [0.05, 0.1) is 27.3 Å². The maximum Gasteiger partial charge on any atom is 0.307 e. The molecule has 0 spiro atoms. The number of hydrogen-bond donors (Lipinski definition) is 1. The summed E-state index contributed by atoms with van der Waals surface area (Å²) < 4.78 is 33.7. The van der Waals surface area contributed by atoms with Crippen molar-refractivity contribution in [2.24, 2.45) is 5.92 Å². The molecular formula is C28H25NO5S.